The summed E-state index contributed by atoms with van der Waals surface area (Å²) in [5.74, 6) is 0.983. The number of ether oxygens (including phenoxy) is 1. The molecule has 1 N–H and O–H groups in total. The summed E-state index contributed by atoms with van der Waals surface area (Å²) in [7, 11) is 0. The Balaban J connectivity index is 1.64. The summed E-state index contributed by atoms with van der Waals surface area (Å²) in [5.41, 5.74) is 5.38. The molecule has 0 spiro atoms. The molecule has 2 rings (SSSR count). The van der Waals surface area contributed by atoms with Crippen LogP contribution in [0.5, 0.6) is 5.75 Å². The maximum atomic E-state index is 12.4. The molecule has 0 aliphatic carbocycles. The molecule has 4 heteroatoms. The fourth-order valence-corrected chi connectivity index (χ4v) is 3.70. The van der Waals surface area contributed by atoms with Gasteiger partial charge in [-0.15, -0.1) is 0 Å². The van der Waals surface area contributed by atoms with E-state index in [1.54, 1.807) is 18.3 Å². The first-order valence-corrected chi connectivity index (χ1v) is 12.8. The number of unbranched alkanes of at least 4 members (excludes halogenated alkanes) is 9. The SMILES string of the molecule is CCCCCCCCCCCCOc1cccc(C(=O)NN=Cc2ccc(C(C)C)cc2)c1. The van der Waals surface area contributed by atoms with Crippen molar-refractivity contribution in [2.24, 2.45) is 5.10 Å². The minimum atomic E-state index is -0.241. The summed E-state index contributed by atoms with van der Waals surface area (Å²) in [6.45, 7) is 7.28. The van der Waals surface area contributed by atoms with E-state index in [2.05, 4.69) is 43.4 Å². The molecule has 1 amide bonds. The van der Waals surface area contributed by atoms with Crippen molar-refractivity contribution in [3.05, 3.63) is 65.2 Å². The van der Waals surface area contributed by atoms with Crippen LogP contribution in [-0.2, 0) is 0 Å². The highest BCUT2D eigenvalue weighted by Crippen LogP contribution is 2.16. The number of carbonyl (C=O) groups excluding carboxylic acids is 1. The molecule has 0 heterocycles. The van der Waals surface area contributed by atoms with Crippen LogP contribution in [0.2, 0.25) is 0 Å². The standard InChI is InChI=1S/C29H42N2O2/c1-4-5-6-7-8-9-10-11-12-13-21-33-28-16-14-15-27(22-28)29(32)31-30-23-25-17-19-26(20-18-25)24(2)3/h14-20,22-24H,4-13,21H2,1-3H3,(H,31,32). The smallest absolute Gasteiger partial charge is 0.271 e. The molecule has 0 unspecified atom stereocenters. The van der Waals surface area contributed by atoms with Crippen LogP contribution in [0.1, 0.15) is 112 Å². The highest BCUT2D eigenvalue weighted by molar-refractivity contribution is 5.95. The zero-order chi connectivity index (χ0) is 23.7. The van der Waals surface area contributed by atoms with Gasteiger partial charge in [-0.2, -0.15) is 5.10 Å². The van der Waals surface area contributed by atoms with Gasteiger partial charge in [-0.3, -0.25) is 4.79 Å². The van der Waals surface area contributed by atoms with E-state index in [-0.39, 0.29) is 5.91 Å². The van der Waals surface area contributed by atoms with Crippen molar-refractivity contribution >= 4 is 12.1 Å². The number of hydrazone groups is 1. The number of hydrogen-bond donors (Lipinski definition) is 1. The second kappa shape index (κ2) is 16.1. The van der Waals surface area contributed by atoms with E-state index in [0.29, 0.717) is 18.1 Å². The van der Waals surface area contributed by atoms with E-state index < -0.39 is 0 Å². The minimum Gasteiger partial charge on any atom is -0.494 e. The molecule has 0 aliphatic heterocycles. The number of amides is 1. The second-order valence-electron chi connectivity index (χ2n) is 9.08. The number of carbonyl (C=O) groups is 1. The quantitative estimate of drug-likeness (QED) is 0.161. The molecule has 4 nitrogen and oxygen atoms in total. The van der Waals surface area contributed by atoms with Crippen molar-refractivity contribution in [1.82, 2.24) is 5.43 Å². The second-order valence-corrected chi connectivity index (χ2v) is 9.08. The molecule has 0 bridgehead atoms. The molecule has 0 fully saturated rings. The summed E-state index contributed by atoms with van der Waals surface area (Å²) in [4.78, 5) is 12.4. The van der Waals surface area contributed by atoms with Crippen LogP contribution in [0, 0.1) is 0 Å². The number of hydrogen-bond acceptors (Lipinski definition) is 3. The monoisotopic (exact) mass is 450 g/mol. The number of benzene rings is 2. The third-order valence-corrected chi connectivity index (χ3v) is 5.85. The fourth-order valence-electron chi connectivity index (χ4n) is 3.70. The summed E-state index contributed by atoms with van der Waals surface area (Å²) in [6.07, 6.45) is 14.7. The first kappa shape index (κ1) is 26.6. The molecule has 0 aromatic heterocycles. The van der Waals surface area contributed by atoms with Gasteiger partial charge in [0, 0.05) is 5.56 Å². The molecule has 0 atom stereocenters. The van der Waals surface area contributed by atoms with Gasteiger partial charge in [0.2, 0.25) is 0 Å². The first-order valence-electron chi connectivity index (χ1n) is 12.8. The van der Waals surface area contributed by atoms with Gasteiger partial charge in [0.1, 0.15) is 5.75 Å². The Morgan fingerprint density at radius 1 is 0.909 bits per heavy atom. The molecule has 0 saturated carbocycles. The third kappa shape index (κ3) is 11.2. The Morgan fingerprint density at radius 2 is 1.55 bits per heavy atom. The molecule has 0 saturated heterocycles. The van der Waals surface area contributed by atoms with Gasteiger partial charge in [0.15, 0.2) is 0 Å². The fraction of sp³-hybridized carbons (Fsp3) is 0.517. The van der Waals surface area contributed by atoms with E-state index in [1.807, 2.05) is 24.3 Å². The van der Waals surface area contributed by atoms with Crippen molar-refractivity contribution in [2.75, 3.05) is 6.61 Å². The van der Waals surface area contributed by atoms with Gasteiger partial charge < -0.3 is 4.74 Å². The van der Waals surface area contributed by atoms with Crippen LogP contribution in [0.15, 0.2) is 53.6 Å². The van der Waals surface area contributed by atoms with Crippen LogP contribution in [0.25, 0.3) is 0 Å². The Kier molecular flexibility index (Phi) is 13.0. The largest absolute Gasteiger partial charge is 0.494 e. The zero-order valence-corrected chi connectivity index (χ0v) is 20.8. The molecule has 33 heavy (non-hydrogen) atoms. The topological polar surface area (TPSA) is 50.7 Å². The first-order chi connectivity index (χ1) is 16.1. The molecule has 2 aromatic rings. The molecule has 0 radical (unpaired) electrons. The Hall–Kier alpha value is -2.62. The van der Waals surface area contributed by atoms with E-state index in [4.69, 9.17) is 4.74 Å². The third-order valence-electron chi connectivity index (χ3n) is 5.85. The van der Waals surface area contributed by atoms with E-state index in [9.17, 15) is 4.79 Å². The molecular formula is C29H42N2O2. The molecule has 0 aliphatic rings. The van der Waals surface area contributed by atoms with Gasteiger partial charge in [0.05, 0.1) is 12.8 Å². The lowest BCUT2D eigenvalue weighted by Gasteiger charge is -2.08. The Bertz CT molecular complexity index is 828. The number of rotatable bonds is 16. The lowest BCUT2D eigenvalue weighted by atomic mass is 10.0. The molecule has 2 aromatic carbocycles. The van der Waals surface area contributed by atoms with E-state index in [1.165, 1.54) is 63.4 Å². The van der Waals surface area contributed by atoms with Gasteiger partial charge in [-0.25, -0.2) is 5.43 Å². The maximum Gasteiger partial charge on any atom is 0.271 e. The van der Waals surface area contributed by atoms with Crippen molar-refractivity contribution in [3.63, 3.8) is 0 Å². The summed E-state index contributed by atoms with van der Waals surface area (Å²) in [6, 6.07) is 15.5. The van der Waals surface area contributed by atoms with Gasteiger partial charge in [0.25, 0.3) is 5.91 Å². The lowest BCUT2D eigenvalue weighted by molar-refractivity contribution is 0.0954. The van der Waals surface area contributed by atoms with E-state index in [0.717, 1.165) is 17.7 Å². The van der Waals surface area contributed by atoms with Crippen molar-refractivity contribution in [3.8, 4) is 5.75 Å². The highest BCUT2D eigenvalue weighted by Gasteiger charge is 2.06. The summed E-state index contributed by atoms with van der Waals surface area (Å²) >= 11 is 0. The Morgan fingerprint density at radius 3 is 2.18 bits per heavy atom. The van der Waals surface area contributed by atoms with Gasteiger partial charge >= 0.3 is 0 Å². The van der Waals surface area contributed by atoms with Gasteiger partial charge in [-0.1, -0.05) is 109 Å². The van der Waals surface area contributed by atoms with Crippen LogP contribution in [-0.4, -0.2) is 18.7 Å². The normalized spacial score (nSPS) is 11.3. The molecular weight excluding hydrogens is 408 g/mol. The van der Waals surface area contributed by atoms with Gasteiger partial charge in [-0.05, 0) is 41.7 Å². The number of nitrogens with one attached hydrogen (secondary N) is 1. The molecule has 180 valence electrons. The zero-order valence-electron chi connectivity index (χ0n) is 20.8. The van der Waals surface area contributed by atoms with Crippen molar-refractivity contribution < 1.29 is 9.53 Å². The van der Waals surface area contributed by atoms with Crippen LogP contribution < -0.4 is 10.2 Å². The maximum absolute atomic E-state index is 12.4. The van der Waals surface area contributed by atoms with Crippen molar-refractivity contribution in [2.45, 2.75) is 90.9 Å². The highest BCUT2D eigenvalue weighted by atomic mass is 16.5. The van der Waals surface area contributed by atoms with E-state index >= 15 is 0 Å². The van der Waals surface area contributed by atoms with Crippen LogP contribution in [0.4, 0.5) is 0 Å². The van der Waals surface area contributed by atoms with Crippen molar-refractivity contribution in [1.29, 1.82) is 0 Å². The van der Waals surface area contributed by atoms with Crippen LogP contribution >= 0.6 is 0 Å². The van der Waals surface area contributed by atoms with Crippen LogP contribution in [0.3, 0.4) is 0 Å². The lowest BCUT2D eigenvalue weighted by Crippen LogP contribution is -2.17. The summed E-state index contributed by atoms with van der Waals surface area (Å²) < 4.78 is 5.85. The predicted octanol–water partition coefficient (Wildman–Crippen LogP) is 7.87. The predicted molar refractivity (Wildman–Crippen MR) is 139 cm³/mol. The average Bonchev–Trinajstić information content (AvgIpc) is 2.83. The summed E-state index contributed by atoms with van der Waals surface area (Å²) in [5, 5.41) is 4.09. The number of nitrogens with zero attached hydrogens (tertiary/aromatic N) is 1. The average molecular weight is 451 g/mol. The Labute approximate surface area is 200 Å². The minimum absolute atomic E-state index is 0.241.